The smallest absolute Gasteiger partial charge is 0.269 e. The highest BCUT2D eigenvalue weighted by molar-refractivity contribution is 7.89. The lowest BCUT2D eigenvalue weighted by Crippen LogP contribution is -2.33. The summed E-state index contributed by atoms with van der Waals surface area (Å²) in [6.45, 7) is 3.34. The van der Waals surface area contributed by atoms with Crippen molar-refractivity contribution in [2.24, 2.45) is 0 Å². The first-order valence-electron chi connectivity index (χ1n) is 7.26. The molecular weight excluding hydrogens is 332 g/mol. The van der Waals surface area contributed by atoms with Crippen molar-refractivity contribution >= 4 is 15.7 Å². The fourth-order valence-electron chi connectivity index (χ4n) is 2.13. The zero-order valence-corrected chi connectivity index (χ0v) is 14.1. The number of nitrogens with one attached hydrogen (secondary N) is 1. The van der Waals surface area contributed by atoms with E-state index in [4.69, 9.17) is 4.74 Å². The molecule has 2 aromatic carbocycles. The van der Waals surface area contributed by atoms with Crippen LogP contribution in [-0.4, -0.2) is 26.0 Å². The number of hydrogen-bond donors (Lipinski definition) is 1. The molecular formula is C16H18N2O5S. The van der Waals surface area contributed by atoms with E-state index >= 15 is 0 Å². The molecule has 0 aliphatic heterocycles. The zero-order valence-electron chi connectivity index (χ0n) is 13.3. The summed E-state index contributed by atoms with van der Waals surface area (Å²) in [5, 5.41) is 10.7. The van der Waals surface area contributed by atoms with Gasteiger partial charge in [-0.2, -0.15) is 0 Å². The normalized spacial score (nSPS) is 12.6. The van der Waals surface area contributed by atoms with Gasteiger partial charge in [0.25, 0.3) is 5.69 Å². The Kier molecular flexibility index (Phi) is 5.53. The molecule has 1 atom stereocenters. The predicted octanol–water partition coefficient (Wildman–Crippen LogP) is 2.65. The summed E-state index contributed by atoms with van der Waals surface area (Å²) in [5.74, 6) is 0.649. The first-order chi connectivity index (χ1) is 11.3. The van der Waals surface area contributed by atoms with Crippen molar-refractivity contribution in [1.29, 1.82) is 0 Å². The van der Waals surface area contributed by atoms with Crippen LogP contribution < -0.4 is 9.46 Å². The summed E-state index contributed by atoms with van der Waals surface area (Å²) in [6, 6.07) is 12.7. The van der Waals surface area contributed by atoms with Crippen molar-refractivity contribution in [1.82, 2.24) is 4.72 Å². The highest BCUT2D eigenvalue weighted by atomic mass is 32.2. The molecule has 0 fully saturated rings. The SMILES string of the molecule is Cc1cc([N+](=O)[O-])ccc1S(=O)(=O)NCC(C)Oc1ccccc1. The summed E-state index contributed by atoms with van der Waals surface area (Å²) in [7, 11) is -3.77. The average Bonchev–Trinajstić information content (AvgIpc) is 2.53. The molecule has 2 aromatic rings. The quantitative estimate of drug-likeness (QED) is 0.611. The van der Waals surface area contributed by atoms with Gasteiger partial charge in [0.1, 0.15) is 11.9 Å². The summed E-state index contributed by atoms with van der Waals surface area (Å²) in [4.78, 5) is 10.2. The van der Waals surface area contributed by atoms with Crippen LogP contribution in [-0.2, 0) is 10.0 Å². The maximum atomic E-state index is 12.4. The van der Waals surface area contributed by atoms with Gasteiger partial charge in [-0.05, 0) is 37.6 Å². The number of para-hydroxylation sites is 1. The Morgan fingerprint density at radius 2 is 1.88 bits per heavy atom. The maximum Gasteiger partial charge on any atom is 0.269 e. The number of nitrogens with zero attached hydrogens (tertiary/aromatic N) is 1. The molecule has 0 amide bonds. The summed E-state index contributed by atoms with van der Waals surface area (Å²) >= 11 is 0. The topological polar surface area (TPSA) is 98.5 Å². The first-order valence-corrected chi connectivity index (χ1v) is 8.74. The molecule has 128 valence electrons. The third-order valence-electron chi connectivity index (χ3n) is 3.30. The highest BCUT2D eigenvalue weighted by Gasteiger charge is 2.20. The van der Waals surface area contributed by atoms with Crippen LogP contribution >= 0.6 is 0 Å². The molecule has 0 bridgehead atoms. The van der Waals surface area contributed by atoms with Crippen molar-refractivity contribution in [3.8, 4) is 5.75 Å². The van der Waals surface area contributed by atoms with Gasteiger partial charge in [-0.1, -0.05) is 18.2 Å². The van der Waals surface area contributed by atoms with E-state index in [-0.39, 0.29) is 23.2 Å². The number of rotatable bonds is 7. The molecule has 0 saturated heterocycles. The van der Waals surface area contributed by atoms with E-state index in [0.717, 1.165) is 0 Å². The van der Waals surface area contributed by atoms with Gasteiger partial charge >= 0.3 is 0 Å². The van der Waals surface area contributed by atoms with E-state index in [0.29, 0.717) is 11.3 Å². The van der Waals surface area contributed by atoms with Crippen LogP contribution in [0.3, 0.4) is 0 Å². The number of nitro groups is 1. The van der Waals surface area contributed by atoms with Crippen molar-refractivity contribution in [2.75, 3.05) is 6.54 Å². The molecule has 0 aromatic heterocycles. The van der Waals surface area contributed by atoms with Gasteiger partial charge in [-0.25, -0.2) is 13.1 Å². The molecule has 7 nitrogen and oxygen atoms in total. The fourth-order valence-corrected chi connectivity index (χ4v) is 3.47. The molecule has 24 heavy (non-hydrogen) atoms. The van der Waals surface area contributed by atoms with Crippen LogP contribution in [0.2, 0.25) is 0 Å². The van der Waals surface area contributed by atoms with Crippen molar-refractivity contribution in [2.45, 2.75) is 24.8 Å². The lowest BCUT2D eigenvalue weighted by molar-refractivity contribution is -0.385. The Morgan fingerprint density at radius 3 is 2.46 bits per heavy atom. The van der Waals surface area contributed by atoms with E-state index < -0.39 is 14.9 Å². The Balaban J connectivity index is 2.04. The number of non-ortho nitro benzene ring substituents is 1. The van der Waals surface area contributed by atoms with Gasteiger partial charge in [0.15, 0.2) is 0 Å². The zero-order chi connectivity index (χ0) is 17.7. The van der Waals surface area contributed by atoms with Crippen LogP contribution in [0.15, 0.2) is 53.4 Å². The minimum absolute atomic E-state index is 0.0139. The Morgan fingerprint density at radius 1 is 1.21 bits per heavy atom. The van der Waals surface area contributed by atoms with Crippen molar-refractivity contribution in [3.63, 3.8) is 0 Å². The molecule has 0 spiro atoms. The molecule has 0 saturated carbocycles. The Labute approximate surface area is 140 Å². The Hall–Kier alpha value is -2.45. The molecule has 0 aliphatic rings. The van der Waals surface area contributed by atoms with Crippen LogP contribution in [0.5, 0.6) is 5.75 Å². The second-order valence-corrected chi connectivity index (χ2v) is 7.04. The highest BCUT2D eigenvalue weighted by Crippen LogP contribution is 2.21. The molecule has 2 rings (SSSR count). The molecule has 1 unspecified atom stereocenters. The number of aryl methyl sites for hydroxylation is 1. The van der Waals surface area contributed by atoms with Gasteiger partial charge in [0.2, 0.25) is 10.0 Å². The number of benzene rings is 2. The monoisotopic (exact) mass is 350 g/mol. The minimum Gasteiger partial charge on any atom is -0.489 e. The van der Waals surface area contributed by atoms with Gasteiger partial charge < -0.3 is 4.74 Å². The molecule has 8 heteroatoms. The third kappa shape index (κ3) is 4.53. The van der Waals surface area contributed by atoms with Crippen molar-refractivity contribution in [3.05, 3.63) is 64.2 Å². The number of nitro benzene ring substituents is 1. The van der Waals surface area contributed by atoms with E-state index in [1.807, 2.05) is 18.2 Å². The van der Waals surface area contributed by atoms with Crippen LogP contribution in [0.25, 0.3) is 0 Å². The predicted molar refractivity (Wildman–Crippen MR) is 89.6 cm³/mol. The standard InChI is InChI=1S/C16H18N2O5S/c1-12-10-14(18(19)20)8-9-16(12)24(21,22)17-11-13(2)23-15-6-4-3-5-7-15/h3-10,13,17H,11H2,1-2H3. The number of sulfonamides is 1. The molecule has 0 radical (unpaired) electrons. The molecule has 0 aliphatic carbocycles. The minimum atomic E-state index is -3.77. The van der Waals surface area contributed by atoms with E-state index in [1.54, 1.807) is 19.1 Å². The van der Waals surface area contributed by atoms with Crippen LogP contribution in [0, 0.1) is 17.0 Å². The molecule has 1 N–H and O–H groups in total. The second-order valence-electron chi connectivity index (χ2n) is 5.30. The summed E-state index contributed by atoms with van der Waals surface area (Å²) in [5.41, 5.74) is 0.167. The van der Waals surface area contributed by atoms with Gasteiger partial charge in [0, 0.05) is 18.7 Å². The third-order valence-corrected chi connectivity index (χ3v) is 4.88. The fraction of sp³-hybridized carbons (Fsp3) is 0.250. The number of ether oxygens (including phenoxy) is 1. The summed E-state index contributed by atoms with van der Waals surface area (Å²) < 4.78 is 32.8. The Bertz CT molecular complexity index is 822. The van der Waals surface area contributed by atoms with E-state index in [2.05, 4.69) is 4.72 Å². The van der Waals surface area contributed by atoms with Crippen LogP contribution in [0.1, 0.15) is 12.5 Å². The lowest BCUT2D eigenvalue weighted by Gasteiger charge is -2.16. The average molecular weight is 350 g/mol. The second kappa shape index (κ2) is 7.41. The number of hydrogen-bond acceptors (Lipinski definition) is 5. The van der Waals surface area contributed by atoms with Crippen LogP contribution in [0.4, 0.5) is 5.69 Å². The van der Waals surface area contributed by atoms with E-state index in [1.165, 1.54) is 25.1 Å². The van der Waals surface area contributed by atoms with Gasteiger partial charge in [-0.15, -0.1) is 0 Å². The van der Waals surface area contributed by atoms with Crippen molar-refractivity contribution < 1.29 is 18.1 Å². The van der Waals surface area contributed by atoms with Gasteiger partial charge in [-0.3, -0.25) is 10.1 Å². The first kappa shape index (κ1) is 17.9. The largest absolute Gasteiger partial charge is 0.489 e. The molecule has 0 heterocycles. The lowest BCUT2D eigenvalue weighted by atomic mass is 10.2. The van der Waals surface area contributed by atoms with E-state index in [9.17, 15) is 18.5 Å². The van der Waals surface area contributed by atoms with Gasteiger partial charge in [0.05, 0.1) is 9.82 Å². The maximum absolute atomic E-state index is 12.4. The summed E-state index contributed by atoms with van der Waals surface area (Å²) in [6.07, 6.45) is -0.375.